The molecule has 0 saturated carbocycles. The van der Waals surface area contributed by atoms with Crippen LogP contribution in [0.4, 0.5) is 4.39 Å². The van der Waals surface area contributed by atoms with Crippen LogP contribution in [-0.2, 0) is 0 Å². The molecule has 4 nitrogen and oxygen atoms in total. The van der Waals surface area contributed by atoms with Gasteiger partial charge < -0.3 is 4.98 Å². The second-order valence-corrected chi connectivity index (χ2v) is 4.51. The minimum atomic E-state index is -0.291. The van der Waals surface area contributed by atoms with Crippen molar-refractivity contribution in [1.82, 2.24) is 14.5 Å². The standard InChI is InChI=1S/C14H13FN4/c1-8-7-17-14-12(8)13(16)19(9(2)18-14)11-5-3-10(15)4-6-11/h3-7,16-17H,1-2H3. The second kappa shape index (κ2) is 4.05. The van der Waals surface area contributed by atoms with Crippen molar-refractivity contribution in [2.45, 2.75) is 13.8 Å². The zero-order valence-electron chi connectivity index (χ0n) is 10.7. The third kappa shape index (κ3) is 1.74. The molecule has 3 aromatic rings. The molecule has 96 valence electrons. The fourth-order valence-electron chi connectivity index (χ4n) is 2.29. The minimum Gasteiger partial charge on any atom is -0.346 e. The smallest absolute Gasteiger partial charge is 0.143 e. The maximum Gasteiger partial charge on any atom is 0.143 e. The molecule has 3 rings (SSSR count). The monoisotopic (exact) mass is 256 g/mol. The van der Waals surface area contributed by atoms with Gasteiger partial charge in [0.2, 0.25) is 0 Å². The first kappa shape index (κ1) is 11.6. The Hall–Kier alpha value is -2.43. The van der Waals surface area contributed by atoms with Gasteiger partial charge in [-0.2, -0.15) is 0 Å². The first-order chi connectivity index (χ1) is 9.08. The Labute approximate surface area is 109 Å². The number of fused-ring (bicyclic) bond motifs is 1. The maximum absolute atomic E-state index is 13.0. The molecule has 0 aliphatic rings. The number of aromatic amines is 1. The summed E-state index contributed by atoms with van der Waals surface area (Å²) in [4.78, 5) is 7.50. The van der Waals surface area contributed by atoms with Crippen LogP contribution < -0.4 is 5.49 Å². The zero-order chi connectivity index (χ0) is 13.6. The minimum absolute atomic E-state index is 0.291. The van der Waals surface area contributed by atoms with Crippen LogP contribution in [0.15, 0.2) is 30.5 Å². The number of hydrogen-bond acceptors (Lipinski definition) is 2. The molecule has 2 heterocycles. The lowest BCUT2D eigenvalue weighted by atomic mass is 10.2. The molecule has 2 N–H and O–H groups in total. The average Bonchev–Trinajstić information content (AvgIpc) is 2.73. The Morgan fingerprint density at radius 2 is 1.89 bits per heavy atom. The predicted molar refractivity (Wildman–Crippen MR) is 70.7 cm³/mol. The highest BCUT2D eigenvalue weighted by atomic mass is 19.1. The molecule has 1 aromatic carbocycles. The van der Waals surface area contributed by atoms with Crippen LogP contribution in [0.5, 0.6) is 0 Å². The SMILES string of the molecule is Cc1c[nH]c2nc(C)n(-c3ccc(F)cc3)c(=N)c12. The molecule has 2 aromatic heterocycles. The van der Waals surface area contributed by atoms with E-state index in [9.17, 15) is 4.39 Å². The molecule has 0 unspecified atom stereocenters. The van der Waals surface area contributed by atoms with E-state index in [0.717, 1.165) is 16.6 Å². The highest BCUT2D eigenvalue weighted by Crippen LogP contribution is 2.14. The second-order valence-electron chi connectivity index (χ2n) is 4.51. The van der Waals surface area contributed by atoms with E-state index in [1.807, 2.05) is 20.0 Å². The van der Waals surface area contributed by atoms with Crippen LogP contribution >= 0.6 is 0 Å². The number of rotatable bonds is 1. The van der Waals surface area contributed by atoms with E-state index < -0.39 is 0 Å². The third-order valence-corrected chi connectivity index (χ3v) is 3.20. The highest BCUT2D eigenvalue weighted by molar-refractivity contribution is 5.78. The largest absolute Gasteiger partial charge is 0.346 e. The molecular formula is C14H13FN4. The summed E-state index contributed by atoms with van der Waals surface area (Å²) >= 11 is 0. The lowest BCUT2D eigenvalue weighted by molar-refractivity contribution is 0.627. The van der Waals surface area contributed by atoms with E-state index in [-0.39, 0.29) is 5.82 Å². The van der Waals surface area contributed by atoms with E-state index in [2.05, 4.69) is 9.97 Å². The van der Waals surface area contributed by atoms with Crippen LogP contribution in [-0.4, -0.2) is 14.5 Å². The van der Waals surface area contributed by atoms with Gasteiger partial charge in [0, 0.05) is 11.9 Å². The number of benzene rings is 1. The number of halogens is 1. The number of nitrogens with one attached hydrogen (secondary N) is 2. The Morgan fingerprint density at radius 3 is 2.58 bits per heavy atom. The molecule has 0 aliphatic heterocycles. The molecule has 0 amide bonds. The van der Waals surface area contributed by atoms with Gasteiger partial charge in [-0.1, -0.05) is 0 Å². The Bertz CT molecular complexity index is 812. The summed E-state index contributed by atoms with van der Waals surface area (Å²) in [5.41, 5.74) is 2.77. The summed E-state index contributed by atoms with van der Waals surface area (Å²) in [6.45, 7) is 3.76. The van der Waals surface area contributed by atoms with Crippen LogP contribution in [0.3, 0.4) is 0 Å². The van der Waals surface area contributed by atoms with Crippen molar-refractivity contribution in [3.63, 3.8) is 0 Å². The molecule has 0 fully saturated rings. The summed E-state index contributed by atoms with van der Waals surface area (Å²) in [5.74, 6) is 0.395. The Morgan fingerprint density at radius 1 is 1.21 bits per heavy atom. The van der Waals surface area contributed by atoms with Gasteiger partial charge in [0.1, 0.15) is 22.8 Å². The predicted octanol–water partition coefficient (Wildman–Crippen LogP) is 2.59. The van der Waals surface area contributed by atoms with Gasteiger partial charge in [-0.15, -0.1) is 0 Å². The lowest BCUT2D eigenvalue weighted by Gasteiger charge is -2.11. The van der Waals surface area contributed by atoms with E-state index >= 15 is 0 Å². The summed E-state index contributed by atoms with van der Waals surface area (Å²) in [7, 11) is 0. The normalized spacial score (nSPS) is 11.1. The van der Waals surface area contributed by atoms with Gasteiger partial charge in [-0.3, -0.25) is 9.98 Å². The molecule has 0 atom stereocenters. The maximum atomic E-state index is 13.0. The number of aryl methyl sites for hydroxylation is 2. The topological polar surface area (TPSA) is 57.5 Å². The van der Waals surface area contributed by atoms with E-state index in [1.165, 1.54) is 12.1 Å². The first-order valence-corrected chi connectivity index (χ1v) is 5.96. The van der Waals surface area contributed by atoms with Gasteiger partial charge in [0.05, 0.1) is 5.39 Å². The molecule has 0 bridgehead atoms. The fourth-order valence-corrected chi connectivity index (χ4v) is 2.29. The molecule has 0 radical (unpaired) electrons. The molecule has 5 heteroatoms. The average molecular weight is 256 g/mol. The molecule has 0 saturated heterocycles. The lowest BCUT2D eigenvalue weighted by Crippen LogP contribution is -2.22. The number of nitrogens with zero attached hydrogens (tertiary/aromatic N) is 2. The van der Waals surface area contributed by atoms with Crippen LogP contribution in [0, 0.1) is 25.1 Å². The Balaban J connectivity index is 2.37. The quantitative estimate of drug-likeness (QED) is 0.690. The summed E-state index contributed by atoms with van der Waals surface area (Å²) in [6.07, 6.45) is 1.84. The first-order valence-electron chi connectivity index (χ1n) is 5.96. The third-order valence-electron chi connectivity index (χ3n) is 3.20. The van der Waals surface area contributed by atoms with E-state index in [1.54, 1.807) is 16.7 Å². The van der Waals surface area contributed by atoms with Crippen molar-refractivity contribution in [1.29, 1.82) is 5.41 Å². The zero-order valence-corrected chi connectivity index (χ0v) is 10.7. The van der Waals surface area contributed by atoms with E-state index in [4.69, 9.17) is 5.41 Å². The van der Waals surface area contributed by atoms with Crippen LogP contribution in [0.25, 0.3) is 16.7 Å². The van der Waals surface area contributed by atoms with Crippen LogP contribution in [0.1, 0.15) is 11.4 Å². The summed E-state index contributed by atoms with van der Waals surface area (Å²) in [5, 5.41) is 9.13. The van der Waals surface area contributed by atoms with Gasteiger partial charge >= 0.3 is 0 Å². The molecule has 0 spiro atoms. The van der Waals surface area contributed by atoms with Crippen molar-refractivity contribution in [3.8, 4) is 5.69 Å². The molecular weight excluding hydrogens is 243 g/mol. The van der Waals surface area contributed by atoms with Gasteiger partial charge in [-0.05, 0) is 43.7 Å². The van der Waals surface area contributed by atoms with Gasteiger partial charge in [0.25, 0.3) is 0 Å². The van der Waals surface area contributed by atoms with Crippen molar-refractivity contribution in [2.24, 2.45) is 0 Å². The molecule has 0 aliphatic carbocycles. The summed E-state index contributed by atoms with van der Waals surface area (Å²) in [6, 6.07) is 6.07. The highest BCUT2D eigenvalue weighted by Gasteiger charge is 2.10. The molecule has 19 heavy (non-hydrogen) atoms. The van der Waals surface area contributed by atoms with Crippen molar-refractivity contribution < 1.29 is 4.39 Å². The van der Waals surface area contributed by atoms with Crippen molar-refractivity contribution in [2.75, 3.05) is 0 Å². The van der Waals surface area contributed by atoms with E-state index in [0.29, 0.717) is 17.0 Å². The van der Waals surface area contributed by atoms with Gasteiger partial charge in [0.15, 0.2) is 0 Å². The van der Waals surface area contributed by atoms with Crippen molar-refractivity contribution in [3.05, 3.63) is 53.2 Å². The number of hydrogen-bond donors (Lipinski definition) is 2. The summed E-state index contributed by atoms with van der Waals surface area (Å²) < 4.78 is 14.7. The number of H-pyrrole nitrogens is 1. The Kier molecular flexibility index (Phi) is 2.48. The van der Waals surface area contributed by atoms with Crippen LogP contribution in [0.2, 0.25) is 0 Å². The van der Waals surface area contributed by atoms with Gasteiger partial charge in [-0.25, -0.2) is 9.37 Å². The fraction of sp³-hybridized carbons (Fsp3) is 0.143. The number of aromatic nitrogens is 3. The van der Waals surface area contributed by atoms with Crippen molar-refractivity contribution >= 4 is 11.0 Å².